The molecule has 0 bridgehead atoms. The summed E-state index contributed by atoms with van der Waals surface area (Å²) in [4.78, 5) is 34.8. The lowest BCUT2D eigenvalue weighted by molar-refractivity contribution is -0.131. The monoisotopic (exact) mass is 363 g/mol. The molecule has 0 saturated carbocycles. The fourth-order valence-corrected chi connectivity index (χ4v) is 3.50. The first-order valence-electron chi connectivity index (χ1n) is 7.84. The smallest absolute Gasteiger partial charge is 0.405 e. The van der Waals surface area contributed by atoms with Crippen LogP contribution in [-0.2, 0) is 4.79 Å². The minimum atomic E-state index is -1.12. The number of carbonyl (C=O) groups excluding carboxylic acids is 1. The molecule has 0 unspecified atom stereocenters. The number of hydrogen-bond donors (Lipinski definition) is 2. The number of hydrogen-bond acceptors (Lipinski definition) is 6. The molecule has 0 aliphatic carbocycles. The number of nitrogens with one attached hydrogen (secondary N) is 1. The first-order chi connectivity index (χ1) is 11.8. The van der Waals surface area contributed by atoms with Crippen molar-refractivity contribution in [2.24, 2.45) is 10.9 Å². The Morgan fingerprint density at radius 2 is 2.24 bits per heavy atom. The lowest BCUT2D eigenvalue weighted by Crippen LogP contribution is -2.64. The predicted octanol–water partition coefficient (Wildman–Crippen LogP) is 1.76. The molecule has 1 aliphatic heterocycles. The van der Waals surface area contributed by atoms with Crippen molar-refractivity contribution in [3.8, 4) is 0 Å². The average molecular weight is 363 g/mol. The van der Waals surface area contributed by atoms with Gasteiger partial charge in [-0.2, -0.15) is 4.99 Å². The second-order valence-corrected chi connectivity index (χ2v) is 6.31. The lowest BCUT2D eigenvalue weighted by atomic mass is 9.88. The first-order valence-corrected chi connectivity index (χ1v) is 8.25. The van der Waals surface area contributed by atoms with E-state index < -0.39 is 12.1 Å². The van der Waals surface area contributed by atoms with Crippen LogP contribution in [-0.4, -0.2) is 64.4 Å². The zero-order valence-electron chi connectivity index (χ0n) is 14.3. The van der Waals surface area contributed by atoms with Gasteiger partial charge in [-0.3, -0.25) is 9.78 Å². The number of pyridine rings is 1. The summed E-state index contributed by atoms with van der Waals surface area (Å²) in [5.74, 6) is -0.0608. The molecule has 1 aromatic heterocycles. The SMILES string of the molecule is CC(=O)N(C)[C@@H]1[C@@H](C)CN(c2ccncc2N=C=S)C[C@H]1NC(=O)O. The molecule has 134 valence electrons. The van der Waals surface area contributed by atoms with Crippen molar-refractivity contribution >= 4 is 40.8 Å². The molecule has 0 radical (unpaired) electrons. The molecule has 3 atom stereocenters. The van der Waals surface area contributed by atoms with Crippen molar-refractivity contribution in [3.05, 3.63) is 18.5 Å². The van der Waals surface area contributed by atoms with E-state index in [-0.39, 0.29) is 17.9 Å². The van der Waals surface area contributed by atoms with Crippen LogP contribution in [0.4, 0.5) is 16.2 Å². The Balaban J connectivity index is 2.35. The third-order valence-corrected chi connectivity index (χ3v) is 4.55. The summed E-state index contributed by atoms with van der Waals surface area (Å²) in [5.41, 5.74) is 1.39. The van der Waals surface area contributed by atoms with Crippen LogP contribution in [0.1, 0.15) is 13.8 Å². The highest BCUT2D eigenvalue weighted by molar-refractivity contribution is 7.78. The molecule has 2 amide bonds. The van der Waals surface area contributed by atoms with E-state index in [1.807, 2.05) is 17.9 Å². The van der Waals surface area contributed by atoms with Gasteiger partial charge in [-0.1, -0.05) is 6.92 Å². The summed E-state index contributed by atoms with van der Waals surface area (Å²) >= 11 is 4.68. The Hall–Kier alpha value is -2.51. The minimum Gasteiger partial charge on any atom is -0.465 e. The third kappa shape index (κ3) is 4.32. The Bertz CT molecular complexity index is 707. The van der Waals surface area contributed by atoms with Gasteiger partial charge < -0.3 is 20.2 Å². The Morgan fingerprint density at radius 1 is 1.52 bits per heavy atom. The molecule has 25 heavy (non-hydrogen) atoms. The standard InChI is InChI=1S/C16H21N5O3S/c1-10-7-21(14-4-5-17-6-12(14)18-9-25)8-13(19-16(23)24)15(10)20(3)11(2)22/h4-6,10,13,15,19H,7-8H2,1-3H3,(H,23,24)/t10-,13+,15+/m0/s1. The molecule has 8 nitrogen and oxygen atoms in total. The Labute approximate surface area is 151 Å². The Morgan fingerprint density at radius 3 is 2.84 bits per heavy atom. The normalized spacial score (nSPS) is 22.7. The van der Waals surface area contributed by atoms with Gasteiger partial charge in [0.05, 0.1) is 29.1 Å². The zero-order chi connectivity index (χ0) is 18.6. The number of aromatic nitrogens is 1. The van der Waals surface area contributed by atoms with E-state index >= 15 is 0 Å². The van der Waals surface area contributed by atoms with E-state index in [0.717, 1.165) is 5.69 Å². The summed E-state index contributed by atoms with van der Waals surface area (Å²) in [6, 6.07) is 1.14. The lowest BCUT2D eigenvalue weighted by Gasteiger charge is -2.46. The number of aliphatic imine (C=N–C) groups is 1. The highest BCUT2D eigenvalue weighted by atomic mass is 32.1. The van der Waals surface area contributed by atoms with E-state index in [1.54, 1.807) is 24.3 Å². The third-order valence-electron chi connectivity index (χ3n) is 4.46. The van der Waals surface area contributed by atoms with Crippen molar-refractivity contribution in [1.82, 2.24) is 15.2 Å². The van der Waals surface area contributed by atoms with Crippen LogP contribution in [0, 0.1) is 5.92 Å². The van der Waals surface area contributed by atoms with Gasteiger partial charge in [0.25, 0.3) is 0 Å². The van der Waals surface area contributed by atoms with Crippen LogP contribution in [0.3, 0.4) is 0 Å². The number of isothiocyanates is 1. The fourth-order valence-electron chi connectivity index (χ4n) is 3.40. The highest BCUT2D eigenvalue weighted by Gasteiger charge is 2.39. The highest BCUT2D eigenvalue weighted by Crippen LogP contribution is 2.32. The number of carbonyl (C=O) groups is 2. The molecule has 0 aromatic carbocycles. The quantitative estimate of drug-likeness (QED) is 0.625. The van der Waals surface area contributed by atoms with Crippen molar-refractivity contribution in [1.29, 1.82) is 0 Å². The van der Waals surface area contributed by atoms with Crippen molar-refractivity contribution in [2.45, 2.75) is 25.9 Å². The molecule has 1 aliphatic rings. The topological polar surface area (TPSA) is 98.1 Å². The van der Waals surface area contributed by atoms with Crippen molar-refractivity contribution < 1.29 is 14.7 Å². The number of carboxylic acid groups (broad SMARTS) is 1. The number of nitrogens with zero attached hydrogens (tertiary/aromatic N) is 4. The summed E-state index contributed by atoms with van der Waals surface area (Å²) < 4.78 is 0. The first kappa shape index (κ1) is 18.8. The van der Waals surface area contributed by atoms with Gasteiger partial charge in [-0.15, -0.1) is 0 Å². The van der Waals surface area contributed by atoms with Crippen molar-refractivity contribution in [2.75, 3.05) is 25.0 Å². The minimum absolute atomic E-state index is 0.0389. The van der Waals surface area contributed by atoms with Crippen LogP contribution < -0.4 is 10.2 Å². The van der Waals surface area contributed by atoms with Gasteiger partial charge in [-0.25, -0.2) is 4.79 Å². The number of amides is 2. The van der Waals surface area contributed by atoms with Gasteiger partial charge in [-0.05, 0) is 24.2 Å². The number of anilines is 1. The number of thiocarbonyl (C=S) groups is 1. The largest absolute Gasteiger partial charge is 0.465 e. The summed E-state index contributed by atoms with van der Waals surface area (Å²) in [7, 11) is 1.70. The maximum atomic E-state index is 11.8. The second kappa shape index (κ2) is 8.04. The average Bonchev–Trinajstić information content (AvgIpc) is 2.54. The van der Waals surface area contributed by atoms with Gasteiger partial charge in [0.1, 0.15) is 5.69 Å². The van der Waals surface area contributed by atoms with E-state index in [0.29, 0.717) is 18.8 Å². The molecule has 0 spiro atoms. The van der Waals surface area contributed by atoms with Gasteiger partial charge in [0.15, 0.2) is 0 Å². The Kier molecular flexibility index (Phi) is 6.06. The van der Waals surface area contributed by atoms with Gasteiger partial charge >= 0.3 is 6.09 Å². The molecular weight excluding hydrogens is 342 g/mol. The van der Waals surface area contributed by atoms with E-state index in [2.05, 4.69) is 32.7 Å². The predicted molar refractivity (Wildman–Crippen MR) is 97.5 cm³/mol. The van der Waals surface area contributed by atoms with E-state index in [1.165, 1.54) is 6.92 Å². The van der Waals surface area contributed by atoms with Crippen LogP contribution in [0.15, 0.2) is 23.5 Å². The number of piperidine rings is 1. The zero-order valence-corrected chi connectivity index (χ0v) is 15.2. The summed E-state index contributed by atoms with van der Waals surface area (Å²) in [5, 5.41) is 14.1. The molecule has 1 saturated heterocycles. The molecular formula is C16H21N5O3S. The van der Waals surface area contributed by atoms with Gasteiger partial charge in [0, 0.05) is 33.3 Å². The summed E-state index contributed by atoms with van der Waals surface area (Å²) in [6.45, 7) is 4.52. The molecule has 9 heteroatoms. The van der Waals surface area contributed by atoms with Crippen LogP contribution in [0.5, 0.6) is 0 Å². The molecule has 2 heterocycles. The van der Waals surface area contributed by atoms with Crippen LogP contribution in [0.2, 0.25) is 0 Å². The maximum absolute atomic E-state index is 11.8. The van der Waals surface area contributed by atoms with E-state index in [4.69, 9.17) is 0 Å². The van der Waals surface area contributed by atoms with E-state index in [9.17, 15) is 14.7 Å². The second-order valence-electron chi connectivity index (χ2n) is 6.13. The van der Waals surface area contributed by atoms with Crippen LogP contribution in [0.25, 0.3) is 0 Å². The number of likely N-dealkylation sites (N-methyl/N-ethyl adjacent to an activating group) is 1. The van der Waals surface area contributed by atoms with Crippen molar-refractivity contribution in [3.63, 3.8) is 0 Å². The van der Waals surface area contributed by atoms with Gasteiger partial charge in [0.2, 0.25) is 5.91 Å². The molecule has 1 fully saturated rings. The maximum Gasteiger partial charge on any atom is 0.405 e. The summed E-state index contributed by atoms with van der Waals surface area (Å²) in [6.07, 6.45) is 2.12. The number of rotatable bonds is 4. The molecule has 2 N–H and O–H groups in total. The van der Waals surface area contributed by atoms with Crippen LogP contribution >= 0.6 is 12.2 Å². The fraction of sp³-hybridized carbons (Fsp3) is 0.500. The molecule has 2 rings (SSSR count). The molecule has 1 aromatic rings.